The quantitative estimate of drug-likeness (QED) is 0.845. The van der Waals surface area contributed by atoms with Gasteiger partial charge in [0.25, 0.3) is 0 Å². The summed E-state index contributed by atoms with van der Waals surface area (Å²) in [6.07, 6.45) is 5.50. The molecule has 0 aliphatic carbocycles. The highest BCUT2D eigenvalue weighted by atomic mass is 35.5. The van der Waals surface area contributed by atoms with Crippen molar-refractivity contribution in [2.75, 3.05) is 13.1 Å². The van der Waals surface area contributed by atoms with Crippen molar-refractivity contribution in [3.63, 3.8) is 0 Å². The average Bonchev–Trinajstić information content (AvgIpc) is 3.03. The van der Waals surface area contributed by atoms with E-state index in [9.17, 15) is 9.59 Å². The Bertz CT molecular complexity index is 759. The molecule has 0 radical (unpaired) electrons. The highest BCUT2D eigenvalue weighted by Gasteiger charge is 2.29. The third-order valence-corrected chi connectivity index (χ3v) is 3.94. The lowest BCUT2D eigenvalue weighted by Crippen LogP contribution is -2.28. The van der Waals surface area contributed by atoms with Gasteiger partial charge in [-0.25, -0.2) is 0 Å². The van der Waals surface area contributed by atoms with E-state index in [1.54, 1.807) is 17.2 Å². The molecule has 1 fully saturated rings. The normalized spacial score (nSPS) is 16.7. The number of nitrogens with zero attached hydrogens (tertiary/aromatic N) is 2. The first kappa shape index (κ1) is 19.9. The molecule has 1 aromatic carbocycles. The molecule has 1 N–H and O–H groups in total. The summed E-state index contributed by atoms with van der Waals surface area (Å²) >= 11 is 0. The van der Waals surface area contributed by atoms with Gasteiger partial charge in [-0.05, 0) is 30.2 Å². The van der Waals surface area contributed by atoms with E-state index in [4.69, 9.17) is 5.11 Å². The summed E-state index contributed by atoms with van der Waals surface area (Å²) in [5, 5.41) is 9.96. The predicted octanol–water partition coefficient (Wildman–Crippen LogP) is 3.02. The van der Waals surface area contributed by atoms with Crippen LogP contribution in [0.4, 0.5) is 0 Å². The molecule has 1 aliphatic heterocycles. The number of pyridine rings is 1. The SMILES string of the molecule is Cl.Cl.O=C(O)C1CCN(C(=O)C=Cc2ccnc3ccccc23)C1. The summed E-state index contributed by atoms with van der Waals surface area (Å²) in [4.78, 5) is 28.9. The number of carbonyl (C=O) groups is 2. The van der Waals surface area contributed by atoms with Crippen LogP contribution in [-0.4, -0.2) is 40.0 Å². The van der Waals surface area contributed by atoms with Crippen molar-refractivity contribution >= 4 is 53.7 Å². The Hall–Kier alpha value is -2.11. The minimum Gasteiger partial charge on any atom is -0.481 e. The van der Waals surface area contributed by atoms with Gasteiger partial charge in [-0.2, -0.15) is 0 Å². The second kappa shape index (κ2) is 8.66. The number of amides is 1. The molecule has 1 aromatic heterocycles. The zero-order chi connectivity index (χ0) is 15.5. The van der Waals surface area contributed by atoms with E-state index in [1.165, 1.54) is 6.08 Å². The minimum absolute atomic E-state index is 0. The lowest BCUT2D eigenvalue weighted by molar-refractivity contribution is -0.141. The van der Waals surface area contributed by atoms with Crippen molar-refractivity contribution in [2.24, 2.45) is 5.92 Å². The maximum atomic E-state index is 12.2. The van der Waals surface area contributed by atoms with E-state index in [0.717, 1.165) is 16.5 Å². The van der Waals surface area contributed by atoms with Gasteiger partial charge in [0.05, 0.1) is 11.4 Å². The number of hydrogen-bond acceptors (Lipinski definition) is 3. The van der Waals surface area contributed by atoms with Crippen LogP contribution in [0, 0.1) is 5.92 Å². The Balaban J connectivity index is 0.00000144. The largest absolute Gasteiger partial charge is 0.481 e. The minimum atomic E-state index is -0.834. The first-order chi connectivity index (χ1) is 10.6. The zero-order valence-corrected chi connectivity index (χ0v) is 14.4. The number of benzene rings is 1. The summed E-state index contributed by atoms with van der Waals surface area (Å²) in [6.45, 7) is 0.785. The summed E-state index contributed by atoms with van der Waals surface area (Å²) < 4.78 is 0. The molecule has 3 rings (SSSR count). The molecule has 24 heavy (non-hydrogen) atoms. The van der Waals surface area contributed by atoms with Crippen molar-refractivity contribution in [3.05, 3.63) is 48.2 Å². The van der Waals surface area contributed by atoms with Crippen molar-refractivity contribution < 1.29 is 14.7 Å². The van der Waals surface area contributed by atoms with Crippen LogP contribution >= 0.6 is 24.8 Å². The third kappa shape index (κ3) is 4.24. The van der Waals surface area contributed by atoms with Gasteiger partial charge in [0.2, 0.25) is 5.91 Å². The molecular formula is C17H18Cl2N2O3. The molecule has 1 unspecified atom stereocenters. The molecule has 1 aliphatic rings. The molecule has 2 heterocycles. The average molecular weight is 369 g/mol. The van der Waals surface area contributed by atoms with Gasteiger partial charge in [-0.1, -0.05) is 18.2 Å². The molecule has 2 aromatic rings. The van der Waals surface area contributed by atoms with Gasteiger partial charge in [-0.3, -0.25) is 14.6 Å². The van der Waals surface area contributed by atoms with Crippen molar-refractivity contribution in [2.45, 2.75) is 6.42 Å². The van der Waals surface area contributed by atoms with Crippen molar-refractivity contribution in [1.82, 2.24) is 9.88 Å². The smallest absolute Gasteiger partial charge is 0.308 e. The number of fused-ring (bicyclic) bond motifs is 1. The number of carbonyl (C=O) groups excluding carboxylic acids is 1. The zero-order valence-electron chi connectivity index (χ0n) is 12.8. The van der Waals surface area contributed by atoms with E-state index in [1.807, 2.05) is 30.3 Å². The maximum Gasteiger partial charge on any atom is 0.308 e. The standard InChI is InChI=1S/C17H16N2O3.2ClH/c20-16(19-10-8-13(11-19)17(21)22)6-5-12-7-9-18-15-4-2-1-3-14(12)15;;/h1-7,9,13H,8,10-11H2,(H,21,22);2*1H. The van der Waals surface area contributed by atoms with Gasteiger partial charge in [-0.15, -0.1) is 24.8 Å². The lowest BCUT2D eigenvalue weighted by Gasteiger charge is -2.12. The van der Waals surface area contributed by atoms with Crippen LogP contribution in [0.1, 0.15) is 12.0 Å². The van der Waals surface area contributed by atoms with Crippen LogP contribution in [0.5, 0.6) is 0 Å². The molecule has 128 valence electrons. The number of carboxylic acid groups (broad SMARTS) is 1. The molecule has 1 atom stereocenters. The second-order valence-electron chi connectivity index (χ2n) is 5.36. The molecule has 1 amide bonds. The maximum absolute atomic E-state index is 12.2. The molecular weight excluding hydrogens is 351 g/mol. The summed E-state index contributed by atoms with van der Waals surface area (Å²) in [7, 11) is 0. The number of rotatable bonds is 3. The van der Waals surface area contributed by atoms with Crippen LogP contribution < -0.4 is 0 Å². The molecule has 1 saturated heterocycles. The summed E-state index contributed by atoms with van der Waals surface area (Å²) in [6, 6.07) is 9.59. The van der Waals surface area contributed by atoms with Gasteiger partial charge in [0.1, 0.15) is 0 Å². The number of para-hydroxylation sites is 1. The van der Waals surface area contributed by atoms with Crippen LogP contribution in [-0.2, 0) is 9.59 Å². The van der Waals surface area contributed by atoms with Crippen LogP contribution in [0.25, 0.3) is 17.0 Å². The van der Waals surface area contributed by atoms with Gasteiger partial charge in [0, 0.05) is 30.7 Å². The monoisotopic (exact) mass is 368 g/mol. The third-order valence-electron chi connectivity index (χ3n) is 3.94. The number of halogens is 2. The first-order valence-corrected chi connectivity index (χ1v) is 7.18. The summed E-state index contributed by atoms with van der Waals surface area (Å²) in [5.74, 6) is -1.43. The van der Waals surface area contributed by atoms with Crippen molar-refractivity contribution in [3.8, 4) is 0 Å². The van der Waals surface area contributed by atoms with E-state index >= 15 is 0 Å². The lowest BCUT2D eigenvalue weighted by atomic mass is 10.1. The number of hydrogen-bond donors (Lipinski definition) is 1. The molecule has 0 saturated carbocycles. The van der Waals surface area contributed by atoms with E-state index in [2.05, 4.69) is 4.98 Å². The fraction of sp³-hybridized carbons (Fsp3) is 0.235. The predicted molar refractivity (Wildman–Crippen MR) is 97.6 cm³/mol. The van der Waals surface area contributed by atoms with Crippen LogP contribution in [0.2, 0.25) is 0 Å². The Morgan fingerprint density at radius 1 is 1.21 bits per heavy atom. The van der Waals surface area contributed by atoms with E-state index in [-0.39, 0.29) is 37.3 Å². The topological polar surface area (TPSA) is 70.5 Å². The van der Waals surface area contributed by atoms with Crippen LogP contribution in [0.15, 0.2) is 42.6 Å². The number of likely N-dealkylation sites (tertiary alicyclic amines) is 1. The fourth-order valence-electron chi connectivity index (χ4n) is 2.69. The Labute approximate surface area is 152 Å². The summed E-state index contributed by atoms with van der Waals surface area (Å²) in [5.41, 5.74) is 1.80. The van der Waals surface area contributed by atoms with Gasteiger partial charge >= 0.3 is 5.97 Å². The highest BCUT2D eigenvalue weighted by molar-refractivity contribution is 5.96. The molecule has 0 spiro atoms. The number of aromatic nitrogens is 1. The van der Waals surface area contributed by atoms with E-state index in [0.29, 0.717) is 13.0 Å². The second-order valence-corrected chi connectivity index (χ2v) is 5.36. The fourth-order valence-corrected chi connectivity index (χ4v) is 2.69. The van der Waals surface area contributed by atoms with Crippen LogP contribution in [0.3, 0.4) is 0 Å². The highest BCUT2D eigenvalue weighted by Crippen LogP contribution is 2.19. The Morgan fingerprint density at radius 2 is 1.96 bits per heavy atom. The van der Waals surface area contributed by atoms with Crippen molar-refractivity contribution in [1.29, 1.82) is 0 Å². The number of carboxylic acids is 1. The molecule has 0 bridgehead atoms. The Kier molecular flexibility index (Phi) is 7.19. The van der Waals surface area contributed by atoms with Gasteiger partial charge < -0.3 is 10.0 Å². The molecule has 7 heteroatoms. The number of aliphatic carboxylic acids is 1. The van der Waals surface area contributed by atoms with Gasteiger partial charge in [0.15, 0.2) is 0 Å². The van der Waals surface area contributed by atoms with E-state index < -0.39 is 11.9 Å². The molecule has 5 nitrogen and oxygen atoms in total. The Morgan fingerprint density at radius 3 is 2.67 bits per heavy atom. The first-order valence-electron chi connectivity index (χ1n) is 7.18.